The fourth-order valence-corrected chi connectivity index (χ4v) is 2.27. The third kappa shape index (κ3) is 1.71. The Morgan fingerprint density at radius 1 is 1.10 bits per heavy atom. The largest absolute Gasteiger partial charge is 0.327 e. The smallest absolute Gasteiger partial charge is 0.277 e. The lowest BCUT2D eigenvalue weighted by Gasteiger charge is -2.00. The zero-order valence-electron chi connectivity index (χ0n) is 10.6. The Hall–Kier alpha value is -3.09. The molecule has 0 aliphatic heterocycles. The molecule has 0 aliphatic carbocycles. The fraction of sp³-hybridized carbons (Fsp3) is 0. The molecule has 0 saturated heterocycles. The topological polar surface area (TPSA) is 75.9 Å². The SMILES string of the molecule is O=c1[nH]ccc2c1nnc1c(-c3ccc(F)cc3)cnn12. The van der Waals surface area contributed by atoms with Gasteiger partial charge in [-0.25, -0.2) is 8.91 Å². The summed E-state index contributed by atoms with van der Waals surface area (Å²) in [6.45, 7) is 0. The van der Waals surface area contributed by atoms with Crippen molar-refractivity contribution in [1.29, 1.82) is 0 Å². The number of rotatable bonds is 1. The van der Waals surface area contributed by atoms with E-state index >= 15 is 0 Å². The quantitative estimate of drug-likeness (QED) is 0.577. The van der Waals surface area contributed by atoms with Gasteiger partial charge in [-0.3, -0.25) is 4.79 Å². The Morgan fingerprint density at radius 2 is 1.90 bits per heavy atom. The highest BCUT2D eigenvalue weighted by Gasteiger charge is 2.12. The standard InChI is InChI=1S/C14H8FN5O/c15-9-3-1-8(2-4-9)10-7-17-20-11-5-6-16-14(21)12(11)18-19-13(10)20/h1-7H,(H,16,21). The summed E-state index contributed by atoms with van der Waals surface area (Å²) in [7, 11) is 0. The summed E-state index contributed by atoms with van der Waals surface area (Å²) < 4.78 is 14.6. The second-order valence-corrected chi connectivity index (χ2v) is 4.54. The minimum absolute atomic E-state index is 0.221. The number of aromatic amines is 1. The molecule has 0 amide bonds. The molecule has 1 aromatic carbocycles. The molecule has 1 N–H and O–H groups in total. The molecule has 21 heavy (non-hydrogen) atoms. The minimum Gasteiger partial charge on any atom is -0.327 e. The van der Waals surface area contributed by atoms with Crippen LogP contribution >= 0.6 is 0 Å². The van der Waals surface area contributed by atoms with Gasteiger partial charge in [-0.2, -0.15) is 5.10 Å². The summed E-state index contributed by atoms with van der Waals surface area (Å²) in [5.74, 6) is -0.307. The van der Waals surface area contributed by atoms with E-state index in [0.717, 1.165) is 11.1 Å². The lowest BCUT2D eigenvalue weighted by atomic mass is 10.1. The minimum atomic E-state index is -0.319. The summed E-state index contributed by atoms with van der Waals surface area (Å²) in [6.07, 6.45) is 3.16. The van der Waals surface area contributed by atoms with Crippen LogP contribution in [0.2, 0.25) is 0 Å². The van der Waals surface area contributed by atoms with E-state index in [4.69, 9.17) is 0 Å². The van der Waals surface area contributed by atoms with Crippen LogP contribution in [0.4, 0.5) is 4.39 Å². The first-order chi connectivity index (χ1) is 10.2. The lowest BCUT2D eigenvalue weighted by Crippen LogP contribution is -2.10. The zero-order valence-corrected chi connectivity index (χ0v) is 10.6. The van der Waals surface area contributed by atoms with E-state index in [1.54, 1.807) is 28.9 Å². The van der Waals surface area contributed by atoms with Gasteiger partial charge < -0.3 is 4.98 Å². The highest BCUT2D eigenvalue weighted by atomic mass is 19.1. The summed E-state index contributed by atoms with van der Waals surface area (Å²) in [5, 5.41) is 12.3. The van der Waals surface area contributed by atoms with Crippen molar-refractivity contribution in [1.82, 2.24) is 24.8 Å². The maximum absolute atomic E-state index is 13.0. The second kappa shape index (κ2) is 4.20. The summed E-state index contributed by atoms with van der Waals surface area (Å²) in [5.41, 5.74) is 2.49. The van der Waals surface area contributed by atoms with Crippen LogP contribution < -0.4 is 5.56 Å². The first-order valence-electron chi connectivity index (χ1n) is 6.22. The summed E-state index contributed by atoms with van der Waals surface area (Å²) in [4.78, 5) is 14.2. The van der Waals surface area contributed by atoms with Crippen molar-refractivity contribution in [2.75, 3.05) is 0 Å². The molecule has 0 fully saturated rings. The van der Waals surface area contributed by atoms with Crippen molar-refractivity contribution in [2.24, 2.45) is 0 Å². The molecular weight excluding hydrogens is 273 g/mol. The summed E-state index contributed by atoms with van der Waals surface area (Å²) >= 11 is 0. The molecular formula is C14H8FN5O. The van der Waals surface area contributed by atoms with Gasteiger partial charge in [0, 0.05) is 11.8 Å². The molecule has 0 spiro atoms. The van der Waals surface area contributed by atoms with Crippen LogP contribution in [0.1, 0.15) is 0 Å². The molecule has 0 unspecified atom stereocenters. The molecule has 4 rings (SSSR count). The maximum atomic E-state index is 13.0. The molecule has 7 heteroatoms. The van der Waals surface area contributed by atoms with Crippen LogP contribution in [-0.2, 0) is 0 Å². The number of hydrogen-bond acceptors (Lipinski definition) is 4. The average molecular weight is 281 g/mol. The molecule has 4 aromatic rings. The Labute approximate surface area is 116 Å². The van der Waals surface area contributed by atoms with Crippen molar-refractivity contribution < 1.29 is 4.39 Å². The van der Waals surface area contributed by atoms with Crippen molar-refractivity contribution in [3.05, 3.63) is 58.9 Å². The number of aromatic nitrogens is 5. The lowest BCUT2D eigenvalue weighted by molar-refractivity contribution is 0.628. The Balaban J connectivity index is 2.05. The van der Waals surface area contributed by atoms with Crippen LogP contribution in [0.5, 0.6) is 0 Å². The molecule has 0 bridgehead atoms. The number of nitrogens with one attached hydrogen (secondary N) is 1. The predicted octanol–water partition coefficient (Wildman–Crippen LogP) is 1.77. The highest BCUT2D eigenvalue weighted by molar-refractivity contribution is 5.82. The van der Waals surface area contributed by atoms with Crippen LogP contribution in [0, 0.1) is 5.82 Å². The first-order valence-corrected chi connectivity index (χ1v) is 6.22. The van der Waals surface area contributed by atoms with Crippen molar-refractivity contribution in [3.63, 3.8) is 0 Å². The van der Waals surface area contributed by atoms with Crippen molar-refractivity contribution in [3.8, 4) is 11.1 Å². The van der Waals surface area contributed by atoms with E-state index in [9.17, 15) is 9.18 Å². The number of pyridine rings is 1. The van der Waals surface area contributed by atoms with Crippen molar-refractivity contribution in [2.45, 2.75) is 0 Å². The molecule has 6 nitrogen and oxygen atoms in total. The van der Waals surface area contributed by atoms with Gasteiger partial charge >= 0.3 is 0 Å². The normalized spacial score (nSPS) is 11.3. The monoisotopic (exact) mass is 281 g/mol. The van der Waals surface area contributed by atoms with Gasteiger partial charge in [0.1, 0.15) is 11.3 Å². The van der Waals surface area contributed by atoms with E-state index < -0.39 is 0 Å². The van der Waals surface area contributed by atoms with E-state index in [1.807, 2.05) is 0 Å². The van der Waals surface area contributed by atoms with Gasteiger partial charge in [0.25, 0.3) is 5.56 Å². The Morgan fingerprint density at radius 3 is 2.71 bits per heavy atom. The van der Waals surface area contributed by atoms with Gasteiger partial charge in [-0.1, -0.05) is 12.1 Å². The van der Waals surface area contributed by atoms with E-state index in [2.05, 4.69) is 20.3 Å². The second-order valence-electron chi connectivity index (χ2n) is 4.54. The molecule has 0 saturated carbocycles. The molecule has 0 atom stereocenters. The van der Waals surface area contributed by atoms with Gasteiger partial charge in [-0.15, -0.1) is 10.2 Å². The molecule has 0 aliphatic rings. The molecule has 0 radical (unpaired) electrons. The zero-order chi connectivity index (χ0) is 14.4. The van der Waals surface area contributed by atoms with E-state index in [-0.39, 0.29) is 16.9 Å². The average Bonchev–Trinajstić information content (AvgIpc) is 2.93. The number of halogens is 1. The van der Waals surface area contributed by atoms with E-state index in [0.29, 0.717) is 11.2 Å². The number of fused-ring (bicyclic) bond motifs is 3. The Kier molecular flexibility index (Phi) is 2.34. The molecule has 3 heterocycles. The van der Waals surface area contributed by atoms with Crippen LogP contribution in [-0.4, -0.2) is 24.8 Å². The first kappa shape index (κ1) is 11.7. The van der Waals surface area contributed by atoms with Crippen LogP contribution in [0.3, 0.4) is 0 Å². The highest BCUT2D eigenvalue weighted by Crippen LogP contribution is 2.24. The third-order valence-electron chi connectivity index (χ3n) is 3.29. The van der Waals surface area contributed by atoms with Crippen LogP contribution in [0.15, 0.2) is 47.5 Å². The van der Waals surface area contributed by atoms with Gasteiger partial charge in [0.05, 0.1) is 6.20 Å². The fourth-order valence-electron chi connectivity index (χ4n) is 2.27. The van der Waals surface area contributed by atoms with Gasteiger partial charge in [0.2, 0.25) is 0 Å². The maximum Gasteiger partial charge on any atom is 0.277 e. The third-order valence-corrected chi connectivity index (χ3v) is 3.29. The molecule has 102 valence electrons. The number of H-pyrrole nitrogens is 1. The van der Waals surface area contributed by atoms with Gasteiger partial charge in [-0.05, 0) is 23.8 Å². The molecule has 3 aromatic heterocycles. The van der Waals surface area contributed by atoms with E-state index in [1.165, 1.54) is 18.3 Å². The predicted molar refractivity (Wildman–Crippen MR) is 74.3 cm³/mol. The number of hydrogen-bond donors (Lipinski definition) is 1. The van der Waals surface area contributed by atoms with Crippen molar-refractivity contribution >= 4 is 16.7 Å². The number of benzene rings is 1. The van der Waals surface area contributed by atoms with Crippen LogP contribution in [0.25, 0.3) is 27.8 Å². The number of nitrogens with zero attached hydrogens (tertiary/aromatic N) is 4. The van der Waals surface area contributed by atoms with Gasteiger partial charge in [0.15, 0.2) is 11.2 Å². The Bertz CT molecular complexity index is 1020. The summed E-state index contributed by atoms with van der Waals surface area (Å²) in [6, 6.07) is 7.75.